The lowest BCUT2D eigenvalue weighted by molar-refractivity contribution is 0.00432. The van der Waals surface area contributed by atoms with Crippen molar-refractivity contribution in [3.05, 3.63) is 0 Å². The van der Waals surface area contributed by atoms with E-state index in [2.05, 4.69) is 33.9 Å². The zero-order valence-corrected chi connectivity index (χ0v) is 12.6. The summed E-state index contributed by atoms with van der Waals surface area (Å²) in [7, 11) is -1.78. The number of hydrogen-bond donors (Lipinski definition) is 3. The van der Waals surface area contributed by atoms with Crippen LogP contribution in [-0.2, 0) is 4.43 Å². The average molecular weight is 261 g/mol. The summed E-state index contributed by atoms with van der Waals surface area (Å²) in [5, 5.41) is 19.6. The Balaban J connectivity index is 2.53. The predicted molar refractivity (Wildman–Crippen MR) is 71.2 cm³/mol. The van der Waals surface area contributed by atoms with Gasteiger partial charge in [0.15, 0.2) is 8.32 Å². The first-order valence-corrected chi connectivity index (χ1v) is 9.23. The van der Waals surface area contributed by atoms with Crippen LogP contribution < -0.4 is 5.73 Å². The van der Waals surface area contributed by atoms with E-state index < -0.39 is 20.5 Å². The molecule has 1 aliphatic carbocycles. The molecule has 102 valence electrons. The first kappa shape index (κ1) is 15.1. The minimum atomic E-state index is -1.78. The minimum absolute atomic E-state index is 0.0332. The number of aliphatic hydroxyl groups is 2. The summed E-state index contributed by atoms with van der Waals surface area (Å²) < 4.78 is 6.06. The summed E-state index contributed by atoms with van der Waals surface area (Å²) in [5.41, 5.74) is 5.73. The van der Waals surface area contributed by atoms with E-state index in [0.29, 0.717) is 13.0 Å². The molecule has 0 spiro atoms. The first-order chi connectivity index (χ1) is 7.56. The van der Waals surface area contributed by atoms with Crippen LogP contribution in [0.2, 0.25) is 18.1 Å². The van der Waals surface area contributed by atoms with Crippen LogP contribution in [0.5, 0.6) is 0 Å². The molecule has 0 aliphatic heterocycles. The van der Waals surface area contributed by atoms with Gasteiger partial charge in [0.25, 0.3) is 0 Å². The molecular formula is C12H27NO3Si. The van der Waals surface area contributed by atoms with Crippen molar-refractivity contribution in [3.8, 4) is 0 Å². The molecule has 0 heterocycles. The highest BCUT2D eigenvalue weighted by atomic mass is 28.4. The highest BCUT2D eigenvalue weighted by molar-refractivity contribution is 6.74. The number of hydrogen-bond acceptors (Lipinski definition) is 4. The van der Waals surface area contributed by atoms with Crippen molar-refractivity contribution in [2.75, 3.05) is 6.61 Å². The first-order valence-electron chi connectivity index (χ1n) is 6.32. The van der Waals surface area contributed by atoms with Gasteiger partial charge in [0, 0.05) is 18.6 Å². The predicted octanol–water partition coefficient (Wildman–Crippen LogP) is 1.08. The summed E-state index contributed by atoms with van der Waals surface area (Å²) in [5.74, 6) is -0.0332. The molecule has 0 bridgehead atoms. The van der Waals surface area contributed by atoms with Gasteiger partial charge in [-0.3, -0.25) is 0 Å². The molecule has 1 fully saturated rings. The van der Waals surface area contributed by atoms with Crippen molar-refractivity contribution >= 4 is 8.32 Å². The van der Waals surface area contributed by atoms with Gasteiger partial charge in [-0.25, -0.2) is 0 Å². The molecule has 0 unspecified atom stereocenters. The van der Waals surface area contributed by atoms with E-state index in [4.69, 9.17) is 10.2 Å². The number of nitrogens with two attached hydrogens (primary N) is 1. The molecule has 4 nitrogen and oxygen atoms in total. The number of aliphatic hydroxyl groups excluding tert-OH is 2. The molecule has 1 aliphatic rings. The smallest absolute Gasteiger partial charge is 0.191 e. The molecule has 0 saturated heterocycles. The van der Waals surface area contributed by atoms with Crippen molar-refractivity contribution < 1.29 is 14.6 Å². The molecule has 0 aromatic carbocycles. The van der Waals surface area contributed by atoms with Crippen molar-refractivity contribution in [1.29, 1.82) is 0 Å². The molecule has 17 heavy (non-hydrogen) atoms. The Kier molecular flexibility index (Phi) is 4.42. The summed E-state index contributed by atoms with van der Waals surface area (Å²) in [6, 6.07) is -0.321. The van der Waals surface area contributed by atoms with Gasteiger partial charge in [-0.05, 0) is 24.6 Å². The van der Waals surface area contributed by atoms with E-state index in [0.717, 1.165) is 0 Å². The van der Waals surface area contributed by atoms with Gasteiger partial charge in [0.2, 0.25) is 0 Å². The van der Waals surface area contributed by atoms with Crippen molar-refractivity contribution in [3.63, 3.8) is 0 Å². The second kappa shape index (κ2) is 4.97. The molecular weight excluding hydrogens is 234 g/mol. The Labute approximate surface area is 105 Å². The topological polar surface area (TPSA) is 75.7 Å². The second-order valence-electron chi connectivity index (χ2n) is 6.71. The van der Waals surface area contributed by atoms with Crippen LogP contribution in [0.3, 0.4) is 0 Å². The van der Waals surface area contributed by atoms with Gasteiger partial charge < -0.3 is 20.4 Å². The van der Waals surface area contributed by atoms with Crippen LogP contribution in [0.25, 0.3) is 0 Å². The van der Waals surface area contributed by atoms with Gasteiger partial charge >= 0.3 is 0 Å². The Hall–Kier alpha value is 0.0569. The Bertz CT molecular complexity index is 265. The summed E-state index contributed by atoms with van der Waals surface area (Å²) >= 11 is 0. The van der Waals surface area contributed by atoms with Crippen LogP contribution in [0.4, 0.5) is 0 Å². The lowest BCUT2D eigenvalue weighted by Crippen LogP contribution is -2.43. The average Bonchev–Trinajstić information content (AvgIpc) is 2.41. The van der Waals surface area contributed by atoms with Crippen molar-refractivity contribution in [2.24, 2.45) is 11.7 Å². The summed E-state index contributed by atoms with van der Waals surface area (Å²) in [6.07, 6.45) is -0.908. The Morgan fingerprint density at radius 2 is 1.76 bits per heavy atom. The molecule has 0 aromatic heterocycles. The molecule has 4 N–H and O–H groups in total. The van der Waals surface area contributed by atoms with Gasteiger partial charge in [0.1, 0.15) is 0 Å². The largest absolute Gasteiger partial charge is 0.416 e. The number of rotatable bonds is 3. The fraction of sp³-hybridized carbons (Fsp3) is 1.00. The fourth-order valence-electron chi connectivity index (χ4n) is 1.86. The van der Waals surface area contributed by atoms with E-state index in [-0.39, 0.29) is 17.0 Å². The molecule has 5 heteroatoms. The molecule has 0 amide bonds. The van der Waals surface area contributed by atoms with Gasteiger partial charge in [-0.1, -0.05) is 20.8 Å². The molecule has 0 aromatic rings. The van der Waals surface area contributed by atoms with Crippen LogP contribution in [0, 0.1) is 5.92 Å². The Morgan fingerprint density at radius 1 is 1.24 bits per heavy atom. The summed E-state index contributed by atoms with van der Waals surface area (Å²) in [6.45, 7) is 11.4. The van der Waals surface area contributed by atoms with Gasteiger partial charge in [0.05, 0.1) is 12.2 Å². The zero-order chi connectivity index (χ0) is 13.4. The van der Waals surface area contributed by atoms with E-state index in [9.17, 15) is 10.2 Å². The fourth-order valence-corrected chi connectivity index (χ4v) is 2.92. The molecule has 4 atom stereocenters. The maximum atomic E-state index is 9.83. The van der Waals surface area contributed by atoms with Crippen molar-refractivity contribution in [2.45, 2.75) is 63.6 Å². The van der Waals surface area contributed by atoms with Crippen LogP contribution in [0.15, 0.2) is 0 Å². The zero-order valence-electron chi connectivity index (χ0n) is 11.6. The van der Waals surface area contributed by atoms with Gasteiger partial charge in [-0.15, -0.1) is 0 Å². The van der Waals surface area contributed by atoms with Crippen LogP contribution >= 0.6 is 0 Å². The highest BCUT2D eigenvalue weighted by Crippen LogP contribution is 2.37. The second-order valence-corrected chi connectivity index (χ2v) is 11.5. The maximum Gasteiger partial charge on any atom is 0.191 e. The third kappa shape index (κ3) is 3.29. The lowest BCUT2D eigenvalue weighted by Gasteiger charge is -2.37. The third-order valence-corrected chi connectivity index (χ3v) is 8.81. The van der Waals surface area contributed by atoms with Crippen LogP contribution in [0.1, 0.15) is 27.2 Å². The lowest BCUT2D eigenvalue weighted by atomic mass is 10.1. The third-order valence-electron chi connectivity index (χ3n) is 4.31. The Morgan fingerprint density at radius 3 is 2.12 bits per heavy atom. The van der Waals surface area contributed by atoms with E-state index in [1.54, 1.807) is 0 Å². The van der Waals surface area contributed by atoms with E-state index in [1.165, 1.54) is 0 Å². The quantitative estimate of drug-likeness (QED) is 0.665. The van der Waals surface area contributed by atoms with E-state index >= 15 is 0 Å². The van der Waals surface area contributed by atoms with Crippen LogP contribution in [-0.4, -0.2) is 43.4 Å². The monoisotopic (exact) mass is 261 g/mol. The molecule has 0 radical (unpaired) electrons. The minimum Gasteiger partial charge on any atom is -0.416 e. The molecule has 1 saturated carbocycles. The standard InChI is InChI=1S/C12H27NO3Si/c1-12(2,3)17(4,5)16-7-8-6-9(13)11(15)10(8)14/h8-11,14-15H,6-7,13H2,1-5H3/t8-,9-,10-,11+/m1/s1. The highest BCUT2D eigenvalue weighted by Gasteiger charge is 2.42. The van der Waals surface area contributed by atoms with Crippen molar-refractivity contribution in [1.82, 2.24) is 0 Å². The van der Waals surface area contributed by atoms with E-state index in [1.807, 2.05) is 0 Å². The maximum absolute atomic E-state index is 9.83. The molecule has 1 rings (SSSR count). The SMILES string of the molecule is CC(C)(C)[Si](C)(C)OC[C@H]1C[C@@H](N)[C@H](O)[C@@H]1O. The normalized spacial score (nSPS) is 35.3. The van der Waals surface area contributed by atoms with Gasteiger partial charge in [-0.2, -0.15) is 0 Å². The summed E-state index contributed by atoms with van der Waals surface area (Å²) in [4.78, 5) is 0.